The van der Waals surface area contributed by atoms with Crippen molar-refractivity contribution in [2.45, 2.75) is 11.9 Å². The predicted molar refractivity (Wildman–Crippen MR) is 111 cm³/mol. The molecule has 1 aliphatic rings. The molecule has 1 unspecified atom stereocenters. The first-order valence-electron chi connectivity index (χ1n) is 8.97. The predicted octanol–water partition coefficient (Wildman–Crippen LogP) is 3.50. The average Bonchev–Trinajstić information content (AvgIpc) is 3.12. The number of ether oxygens (including phenoxy) is 5. The van der Waals surface area contributed by atoms with E-state index in [9.17, 15) is 4.79 Å². The Kier molecular flexibility index (Phi) is 6.64. The van der Waals surface area contributed by atoms with Gasteiger partial charge in [-0.3, -0.25) is 4.79 Å². The van der Waals surface area contributed by atoms with E-state index in [2.05, 4.69) is 0 Å². The normalized spacial score (nSPS) is 16.0. The van der Waals surface area contributed by atoms with Gasteiger partial charge >= 0.3 is 0 Å². The Labute approximate surface area is 174 Å². The number of thioether (sulfide) groups is 1. The summed E-state index contributed by atoms with van der Waals surface area (Å²) >= 11 is 1.57. The van der Waals surface area contributed by atoms with E-state index in [4.69, 9.17) is 23.7 Å². The molecule has 2 aromatic rings. The number of methoxy groups -OCH3 is 5. The molecular weight excluding hydrogens is 394 g/mol. The number of amides is 1. The quantitative estimate of drug-likeness (QED) is 0.649. The van der Waals surface area contributed by atoms with Crippen molar-refractivity contribution in [3.05, 3.63) is 41.5 Å². The number of rotatable bonds is 8. The van der Waals surface area contributed by atoms with Crippen LogP contribution in [0.2, 0.25) is 0 Å². The summed E-state index contributed by atoms with van der Waals surface area (Å²) in [4.78, 5) is 14.5. The molecule has 0 aliphatic carbocycles. The van der Waals surface area contributed by atoms with E-state index >= 15 is 0 Å². The van der Waals surface area contributed by atoms with Gasteiger partial charge in [-0.1, -0.05) is 0 Å². The van der Waals surface area contributed by atoms with Crippen molar-refractivity contribution < 1.29 is 28.5 Å². The van der Waals surface area contributed by atoms with Crippen molar-refractivity contribution in [1.29, 1.82) is 0 Å². The molecule has 156 valence electrons. The number of carbonyl (C=O) groups excluding carboxylic acids is 1. The van der Waals surface area contributed by atoms with Crippen LogP contribution in [0.3, 0.4) is 0 Å². The zero-order valence-corrected chi connectivity index (χ0v) is 18.0. The molecule has 0 aromatic heterocycles. The van der Waals surface area contributed by atoms with Crippen molar-refractivity contribution in [1.82, 2.24) is 4.90 Å². The molecule has 1 amide bonds. The molecule has 3 rings (SSSR count). The summed E-state index contributed by atoms with van der Waals surface area (Å²) in [7, 11) is 7.93. The monoisotopic (exact) mass is 419 g/mol. The second-order valence-corrected chi connectivity index (χ2v) is 7.43. The number of benzene rings is 2. The van der Waals surface area contributed by atoms with Gasteiger partial charge < -0.3 is 28.6 Å². The molecule has 0 bridgehead atoms. The maximum Gasteiger partial charge on any atom is 0.234 e. The van der Waals surface area contributed by atoms with Gasteiger partial charge in [-0.15, -0.1) is 11.8 Å². The lowest BCUT2D eigenvalue weighted by Crippen LogP contribution is -2.27. The molecular formula is C21H25NO6S. The molecule has 0 radical (unpaired) electrons. The number of hydrogen-bond acceptors (Lipinski definition) is 7. The van der Waals surface area contributed by atoms with Crippen LogP contribution in [0.5, 0.6) is 28.7 Å². The third-order valence-electron chi connectivity index (χ3n) is 4.70. The highest BCUT2D eigenvalue weighted by molar-refractivity contribution is 8.00. The zero-order chi connectivity index (χ0) is 21.0. The van der Waals surface area contributed by atoms with Crippen LogP contribution >= 0.6 is 11.8 Å². The SMILES string of the molecule is COc1cc(OC)cc(C2SCC(=O)N2Cc2cc(OC)c(OC)c(OC)c2)c1. The standard InChI is InChI=1S/C21H25NO6S/c1-24-15-8-14(9-16(10-15)25-2)21-22(19(23)12-29-21)11-13-6-17(26-3)20(28-5)18(7-13)27-4/h6-10,21H,11-12H2,1-5H3. The van der Waals surface area contributed by atoms with Crippen LogP contribution < -0.4 is 23.7 Å². The molecule has 29 heavy (non-hydrogen) atoms. The van der Waals surface area contributed by atoms with Crippen molar-refractivity contribution in [2.24, 2.45) is 0 Å². The largest absolute Gasteiger partial charge is 0.497 e. The molecule has 1 saturated heterocycles. The van der Waals surface area contributed by atoms with Gasteiger partial charge in [0.2, 0.25) is 11.7 Å². The Bertz CT molecular complexity index is 840. The number of carbonyl (C=O) groups is 1. The van der Waals surface area contributed by atoms with E-state index in [0.717, 1.165) is 11.1 Å². The minimum absolute atomic E-state index is 0.0653. The highest BCUT2D eigenvalue weighted by atomic mass is 32.2. The fourth-order valence-electron chi connectivity index (χ4n) is 3.30. The van der Waals surface area contributed by atoms with Crippen LogP contribution in [-0.4, -0.2) is 52.1 Å². The van der Waals surface area contributed by atoms with Gasteiger partial charge in [0.1, 0.15) is 16.9 Å². The average molecular weight is 419 g/mol. The molecule has 1 aliphatic heterocycles. The van der Waals surface area contributed by atoms with E-state index in [1.807, 2.05) is 35.2 Å². The third-order valence-corrected chi connectivity index (χ3v) is 5.96. The van der Waals surface area contributed by atoms with E-state index in [-0.39, 0.29) is 11.3 Å². The summed E-state index contributed by atoms with van der Waals surface area (Å²) < 4.78 is 27.0. The van der Waals surface area contributed by atoms with Gasteiger partial charge in [0, 0.05) is 12.6 Å². The highest BCUT2D eigenvalue weighted by Gasteiger charge is 2.34. The van der Waals surface area contributed by atoms with Crippen LogP contribution in [0, 0.1) is 0 Å². The lowest BCUT2D eigenvalue weighted by Gasteiger charge is -2.25. The zero-order valence-electron chi connectivity index (χ0n) is 17.2. The maximum absolute atomic E-state index is 12.7. The van der Waals surface area contributed by atoms with E-state index < -0.39 is 0 Å². The molecule has 0 spiro atoms. The summed E-state index contributed by atoms with van der Waals surface area (Å²) in [6.07, 6.45) is 0. The Morgan fingerprint density at radius 2 is 1.45 bits per heavy atom. The number of hydrogen-bond donors (Lipinski definition) is 0. The first-order valence-corrected chi connectivity index (χ1v) is 10.0. The van der Waals surface area contributed by atoms with Crippen LogP contribution in [0.25, 0.3) is 0 Å². The molecule has 1 atom stereocenters. The van der Waals surface area contributed by atoms with Gasteiger partial charge in [0.05, 0.1) is 41.3 Å². The van der Waals surface area contributed by atoms with Crippen LogP contribution in [0.15, 0.2) is 30.3 Å². The van der Waals surface area contributed by atoms with Crippen molar-refractivity contribution >= 4 is 17.7 Å². The Balaban J connectivity index is 1.95. The fraction of sp³-hybridized carbons (Fsp3) is 0.381. The van der Waals surface area contributed by atoms with Crippen molar-refractivity contribution in [3.63, 3.8) is 0 Å². The first-order chi connectivity index (χ1) is 14.0. The molecule has 1 fully saturated rings. The van der Waals surface area contributed by atoms with Crippen LogP contribution in [-0.2, 0) is 11.3 Å². The van der Waals surface area contributed by atoms with Gasteiger partial charge in [0.15, 0.2) is 11.5 Å². The molecule has 7 nitrogen and oxygen atoms in total. The van der Waals surface area contributed by atoms with E-state index in [0.29, 0.717) is 41.0 Å². The highest BCUT2D eigenvalue weighted by Crippen LogP contribution is 2.43. The summed E-state index contributed by atoms with van der Waals surface area (Å²) in [5.74, 6) is 3.49. The Morgan fingerprint density at radius 3 is 1.93 bits per heavy atom. The molecule has 2 aromatic carbocycles. The maximum atomic E-state index is 12.7. The van der Waals surface area contributed by atoms with Crippen molar-refractivity contribution in [2.75, 3.05) is 41.3 Å². The second kappa shape index (κ2) is 9.17. The van der Waals surface area contributed by atoms with Crippen molar-refractivity contribution in [3.8, 4) is 28.7 Å². The van der Waals surface area contributed by atoms with Crippen LogP contribution in [0.4, 0.5) is 0 Å². The Hall–Kier alpha value is -2.74. The lowest BCUT2D eigenvalue weighted by atomic mass is 10.1. The second-order valence-electron chi connectivity index (χ2n) is 6.36. The third kappa shape index (κ3) is 4.32. The topological polar surface area (TPSA) is 66.5 Å². The van der Waals surface area contributed by atoms with Gasteiger partial charge in [-0.25, -0.2) is 0 Å². The lowest BCUT2D eigenvalue weighted by molar-refractivity contribution is -0.128. The summed E-state index contributed by atoms with van der Waals surface area (Å²) in [5, 5.41) is -0.148. The minimum Gasteiger partial charge on any atom is -0.497 e. The Morgan fingerprint density at radius 1 is 0.862 bits per heavy atom. The van der Waals surface area contributed by atoms with Gasteiger partial charge in [-0.05, 0) is 35.4 Å². The van der Waals surface area contributed by atoms with E-state index in [1.165, 1.54) is 0 Å². The number of nitrogens with zero attached hydrogens (tertiary/aromatic N) is 1. The molecule has 8 heteroatoms. The summed E-state index contributed by atoms with van der Waals surface area (Å²) in [5.41, 5.74) is 1.83. The smallest absolute Gasteiger partial charge is 0.234 e. The summed E-state index contributed by atoms with van der Waals surface area (Å²) in [6, 6.07) is 9.40. The first kappa shape index (κ1) is 21.0. The molecule has 0 saturated carbocycles. The fourth-order valence-corrected chi connectivity index (χ4v) is 4.46. The van der Waals surface area contributed by atoms with E-state index in [1.54, 1.807) is 47.3 Å². The van der Waals surface area contributed by atoms with Gasteiger partial charge in [0.25, 0.3) is 0 Å². The van der Waals surface area contributed by atoms with Gasteiger partial charge in [-0.2, -0.15) is 0 Å². The minimum atomic E-state index is -0.148. The van der Waals surface area contributed by atoms with Crippen LogP contribution in [0.1, 0.15) is 16.5 Å². The molecule has 1 heterocycles. The molecule has 0 N–H and O–H groups in total. The summed E-state index contributed by atoms with van der Waals surface area (Å²) in [6.45, 7) is 0.409.